The van der Waals surface area contributed by atoms with Crippen molar-refractivity contribution in [2.45, 2.75) is 38.6 Å². The van der Waals surface area contributed by atoms with Gasteiger partial charge in [0.05, 0.1) is 10.6 Å². The third-order valence-electron chi connectivity index (χ3n) is 4.52. The van der Waals surface area contributed by atoms with E-state index >= 15 is 0 Å². The Labute approximate surface area is 123 Å². The van der Waals surface area contributed by atoms with Crippen molar-refractivity contribution in [3.05, 3.63) is 27.8 Å². The second kappa shape index (κ2) is 5.35. The summed E-state index contributed by atoms with van der Waals surface area (Å²) in [6.07, 6.45) is 4.68. The topological polar surface area (TPSA) is 66.7 Å². The molecule has 1 amide bonds. The number of benzene rings is 1. The third kappa shape index (κ3) is 2.34. The Morgan fingerprint density at radius 2 is 2.00 bits per heavy atom. The molecule has 1 atom stereocenters. The summed E-state index contributed by atoms with van der Waals surface area (Å²) in [5, 5.41) is 11.4. The van der Waals surface area contributed by atoms with Crippen molar-refractivity contribution in [1.29, 1.82) is 0 Å². The van der Waals surface area contributed by atoms with E-state index in [1.54, 1.807) is 11.0 Å². The van der Waals surface area contributed by atoms with E-state index in [4.69, 9.17) is 0 Å². The van der Waals surface area contributed by atoms with E-state index in [-0.39, 0.29) is 16.7 Å². The summed E-state index contributed by atoms with van der Waals surface area (Å²) in [5.74, 6) is 0. The van der Waals surface area contributed by atoms with E-state index in [1.807, 2.05) is 13.0 Å². The quantitative estimate of drug-likeness (QED) is 0.487. The van der Waals surface area contributed by atoms with Crippen molar-refractivity contribution in [2.75, 3.05) is 22.9 Å². The monoisotopic (exact) mass is 289 g/mol. The van der Waals surface area contributed by atoms with Crippen LogP contribution in [-0.4, -0.2) is 30.5 Å². The van der Waals surface area contributed by atoms with Gasteiger partial charge in [-0.3, -0.25) is 14.9 Å². The van der Waals surface area contributed by atoms with Crippen molar-refractivity contribution in [1.82, 2.24) is 0 Å². The molecule has 0 N–H and O–H groups in total. The molecule has 0 aromatic heterocycles. The molecule has 1 unspecified atom stereocenters. The van der Waals surface area contributed by atoms with Crippen LogP contribution in [0.1, 0.15) is 31.7 Å². The minimum absolute atomic E-state index is 0.0900. The molecule has 1 aromatic rings. The summed E-state index contributed by atoms with van der Waals surface area (Å²) < 4.78 is 0. The van der Waals surface area contributed by atoms with Gasteiger partial charge >= 0.3 is 0 Å². The van der Waals surface area contributed by atoms with Crippen LogP contribution in [0.3, 0.4) is 0 Å². The number of carbonyl (C=O) groups excluding carboxylic acids is 1. The molecule has 112 valence electrons. The summed E-state index contributed by atoms with van der Waals surface area (Å²) in [4.78, 5) is 26.1. The number of anilines is 2. The molecule has 2 heterocycles. The number of nitro benzene ring substituents is 1. The van der Waals surface area contributed by atoms with Crippen molar-refractivity contribution >= 4 is 23.5 Å². The zero-order chi connectivity index (χ0) is 15.0. The zero-order valence-electron chi connectivity index (χ0n) is 12.1. The molecule has 2 aliphatic heterocycles. The number of hydrogen-bond acceptors (Lipinski definition) is 4. The first-order valence-electron chi connectivity index (χ1n) is 7.41. The van der Waals surface area contributed by atoms with Crippen LogP contribution in [-0.2, 0) is 11.2 Å². The van der Waals surface area contributed by atoms with Crippen molar-refractivity contribution in [3.8, 4) is 0 Å². The van der Waals surface area contributed by atoms with Crippen LogP contribution in [0.5, 0.6) is 0 Å². The maximum atomic E-state index is 11.4. The summed E-state index contributed by atoms with van der Waals surface area (Å²) in [6, 6.07) is 3.58. The average Bonchev–Trinajstić information content (AvgIpc) is 3.00. The van der Waals surface area contributed by atoms with Crippen molar-refractivity contribution in [2.24, 2.45) is 0 Å². The molecular weight excluding hydrogens is 270 g/mol. The maximum absolute atomic E-state index is 11.4. The number of fused-ring (bicyclic) bond motifs is 1. The van der Waals surface area contributed by atoms with Crippen LogP contribution in [0, 0.1) is 10.1 Å². The van der Waals surface area contributed by atoms with Gasteiger partial charge in [0, 0.05) is 25.2 Å². The molecule has 0 spiro atoms. The number of rotatable bonds is 3. The van der Waals surface area contributed by atoms with Crippen molar-refractivity contribution < 1.29 is 9.72 Å². The van der Waals surface area contributed by atoms with Crippen LogP contribution in [0.25, 0.3) is 0 Å². The predicted molar refractivity (Wildman–Crippen MR) is 80.9 cm³/mol. The molecule has 6 heteroatoms. The van der Waals surface area contributed by atoms with Crippen molar-refractivity contribution in [3.63, 3.8) is 0 Å². The molecule has 0 radical (unpaired) electrons. The Balaban J connectivity index is 2.11. The van der Waals surface area contributed by atoms with Gasteiger partial charge in [0.15, 0.2) is 0 Å². The first kappa shape index (κ1) is 13.9. The number of aryl methyl sites for hydroxylation is 1. The second-order valence-electron chi connectivity index (χ2n) is 5.82. The number of hydrogen-bond donors (Lipinski definition) is 0. The lowest BCUT2D eigenvalue weighted by Crippen LogP contribution is -2.36. The Kier molecular flexibility index (Phi) is 3.53. The van der Waals surface area contributed by atoms with Gasteiger partial charge in [0.1, 0.15) is 5.69 Å². The van der Waals surface area contributed by atoms with Gasteiger partial charge in [-0.05, 0) is 44.2 Å². The van der Waals surface area contributed by atoms with Gasteiger partial charge in [0.2, 0.25) is 6.41 Å². The Morgan fingerprint density at radius 1 is 1.29 bits per heavy atom. The lowest BCUT2D eigenvalue weighted by molar-refractivity contribution is -0.384. The van der Waals surface area contributed by atoms with Gasteiger partial charge in [-0.1, -0.05) is 0 Å². The van der Waals surface area contributed by atoms with Crippen LogP contribution < -0.4 is 9.80 Å². The molecule has 0 saturated carbocycles. The molecule has 3 rings (SSSR count). The smallest absolute Gasteiger partial charge is 0.294 e. The highest BCUT2D eigenvalue weighted by Gasteiger charge is 2.29. The molecule has 0 aliphatic carbocycles. The fourth-order valence-electron chi connectivity index (χ4n) is 3.31. The van der Waals surface area contributed by atoms with Gasteiger partial charge in [-0.15, -0.1) is 0 Å². The fraction of sp³-hybridized carbons (Fsp3) is 0.533. The first-order valence-corrected chi connectivity index (χ1v) is 7.41. The standard InChI is InChI=1S/C15H19N3O3/c1-11-4-5-12-8-14(16-6-2-3-7-16)15(18(20)21)9-13(12)17(11)10-19/h8-11H,2-7H2,1H3. The highest BCUT2D eigenvalue weighted by Crippen LogP contribution is 2.40. The van der Waals surface area contributed by atoms with Gasteiger partial charge < -0.3 is 9.80 Å². The van der Waals surface area contributed by atoms with Gasteiger partial charge in [-0.25, -0.2) is 0 Å². The molecule has 1 fully saturated rings. The van der Waals surface area contributed by atoms with E-state index in [2.05, 4.69) is 4.90 Å². The van der Waals surface area contributed by atoms with E-state index in [9.17, 15) is 14.9 Å². The fourth-order valence-corrected chi connectivity index (χ4v) is 3.31. The van der Waals surface area contributed by atoms with Crippen LogP contribution in [0.15, 0.2) is 12.1 Å². The molecule has 6 nitrogen and oxygen atoms in total. The maximum Gasteiger partial charge on any atom is 0.294 e. The number of carbonyl (C=O) groups is 1. The Hall–Kier alpha value is -2.11. The molecule has 21 heavy (non-hydrogen) atoms. The lowest BCUT2D eigenvalue weighted by atomic mass is 9.96. The van der Waals surface area contributed by atoms with Crippen LogP contribution in [0.4, 0.5) is 17.1 Å². The normalized spacial score (nSPS) is 21.3. The first-order chi connectivity index (χ1) is 10.1. The minimum Gasteiger partial charge on any atom is -0.366 e. The van der Waals surface area contributed by atoms with E-state index in [0.717, 1.165) is 50.7 Å². The van der Waals surface area contributed by atoms with E-state index in [1.165, 1.54) is 0 Å². The molecule has 1 aromatic carbocycles. The molecule has 2 aliphatic rings. The molecular formula is C15H19N3O3. The summed E-state index contributed by atoms with van der Waals surface area (Å²) in [6.45, 7) is 3.71. The number of nitro groups is 1. The highest BCUT2D eigenvalue weighted by atomic mass is 16.6. The zero-order valence-corrected chi connectivity index (χ0v) is 12.1. The molecule has 0 bridgehead atoms. The van der Waals surface area contributed by atoms with Gasteiger partial charge in [0.25, 0.3) is 5.69 Å². The highest BCUT2D eigenvalue weighted by molar-refractivity contribution is 5.83. The lowest BCUT2D eigenvalue weighted by Gasteiger charge is -2.33. The van der Waals surface area contributed by atoms with E-state index in [0.29, 0.717) is 11.4 Å². The summed E-state index contributed by atoms with van der Waals surface area (Å²) in [7, 11) is 0. The summed E-state index contributed by atoms with van der Waals surface area (Å²) in [5.41, 5.74) is 2.54. The average molecular weight is 289 g/mol. The van der Waals surface area contributed by atoms with E-state index < -0.39 is 0 Å². The summed E-state index contributed by atoms with van der Waals surface area (Å²) >= 11 is 0. The number of nitrogens with zero attached hydrogens (tertiary/aromatic N) is 3. The number of amides is 1. The minimum atomic E-state index is -0.337. The predicted octanol–water partition coefficient (Wildman–Crippen LogP) is 2.49. The SMILES string of the molecule is CC1CCc2cc(N3CCCC3)c([N+](=O)[O-])cc2N1C=O. The molecule has 1 saturated heterocycles. The third-order valence-corrected chi connectivity index (χ3v) is 4.52. The van der Waals surface area contributed by atoms with Crippen LogP contribution >= 0.6 is 0 Å². The van der Waals surface area contributed by atoms with Crippen LogP contribution in [0.2, 0.25) is 0 Å². The largest absolute Gasteiger partial charge is 0.366 e. The second-order valence-corrected chi connectivity index (χ2v) is 5.82. The Morgan fingerprint density at radius 3 is 2.62 bits per heavy atom. The Bertz CT molecular complexity index is 582. The van der Waals surface area contributed by atoms with Gasteiger partial charge in [-0.2, -0.15) is 0 Å².